The van der Waals surface area contributed by atoms with Crippen LogP contribution in [0.4, 0.5) is 15.8 Å². The molecule has 0 bridgehead atoms. The maximum atomic E-state index is 13.3. The second kappa shape index (κ2) is 5.14. The number of anilines is 1. The summed E-state index contributed by atoms with van der Waals surface area (Å²) in [7, 11) is 0. The molecule has 0 unspecified atom stereocenters. The lowest BCUT2D eigenvalue weighted by Gasteiger charge is -2.29. The molecule has 5 heteroatoms. The van der Waals surface area contributed by atoms with Gasteiger partial charge in [0.15, 0.2) is 0 Å². The predicted molar refractivity (Wildman–Crippen MR) is 66.4 cm³/mol. The van der Waals surface area contributed by atoms with E-state index >= 15 is 0 Å². The lowest BCUT2D eigenvalue weighted by Crippen LogP contribution is -2.36. The number of nitrogens with two attached hydrogens (primary N) is 1. The molecule has 2 rings (SSSR count). The zero-order valence-electron chi connectivity index (χ0n) is 9.82. The smallest absolute Gasteiger partial charge is 0.125 e. The van der Waals surface area contributed by atoms with Gasteiger partial charge in [0.1, 0.15) is 5.82 Å². The average Bonchev–Trinajstić information content (AvgIpc) is 2.32. The van der Waals surface area contributed by atoms with Gasteiger partial charge in [0.25, 0.3) is 0 Å². The number of halogens is 1. The third kappa shape index (κ3) is 2.94. The van der Waals surface area contributed by atoms with Crippen molar-refractivity contribution in [2.45, 2.75) is 6.92 Å². The van der Waals surface area contributed by atoms with Crippen molar-refractivity contribution in [3.8, 4) is 0 Å². The SMILES string of the molecule is CC(N)=Nc1ccc(F)cc1N1CCOCC1. The lowest BCUT2D eigenvalue weighted by atomic mass is 10.2. The molecule has 1 fully saturated rings. The second-order valence-corrected chi connectivity index (χ2v) is 3.99. The molecule has 0 aliphatic carbocycles. The highest BCUT2D eigenvalue weighted by molar-refractivity contribution is 5.83. The van der Waals surface area contributed by atoms with E-state index in [1.165, 1.54) is 12.1 Å². The van der Waals surface area contributed by atoms with Crippen molar-refractivity contribution in [2.24, 2.45) is 10.7 Å². The van der Waals surface area contributed by atoms with Crippen LogP contribution in [-0.4, -0.2) is 32.1 Å². The van der Waals surface area contributed by atoms with Crippen molar-refractivity contribution in [2.75, 3.05) is 31.2 Å². The number of rotatable bonds is 2. The molecule has 2 N–H and O–H groups in total. The van der Waals surface area contributed by atoms with Crippen LogP contribution in [0.2, 0.25) is 0 Å². The minimum Gasteiger partial charge on any atom is -0.387 e. The van der Waals surface area contributed by atoms with Crippen LogP contribution in [-0.2, 0) is 4.74 Å². The largest absolute Gasteiger partial charge is 0.387 e. The molecule has 0 spiro atoms. The maximum absolute atomic E-state index is 13.3. The van der Waals surface area contributed by atoms with Crippen molar-refractivity contribution in [3.05, 3.63) is 24.0 Å². The highest BCUT2D eigenvalue weighted by Crippen LogP contribution is 2.30. The number of nitrogens with zero attached hydrogens (tertiary/aromatic N) is 2. The quantitative estimate of drug-likeness (QED) is 0.629. The first-order valence-electron chi connectivity index (χ1n) is 5.60. The van der Waals surface area contributed by atoms with Gasteiger partial charge in [0.05, 0.1) is 30.4 Å². The van der Waals surface area contributed by atoms with E-state index < -0.39 is 0 Å². The summed E-state index contributed by atoms with van der Waals surface area (Å²) < 4.78 is 18.6. The van der Waals surface area contributed by atoms with E-state index in [0.29, 0.717) is 24.7 Å². The number of aliphatic imine (C=N–C) groups is 1. The van der Waals surface area contributed by atoms with Gasteiger partial charge in [-0.2, -0.15) is 0 Å². The molecule has 1 aliphatic rings. The van der Waals surface area contributed by atoms with Crippen LogP contribution in [0.1, 0.15) is 6.92 Å². The first-order chi connectivity index (χ1) is 8.16. The van der Waals surface area contributed by atoms with Crippen LogP contribution < -0.4 is 10.6 Å². The van der Waals surface area contributed by atoms with Crippen molar-refractivity contribution in [1.82, 2.24) is 0 Å². The molecule has 1 heterocycles. The minimum absolute atomic E-state index is 0.264. The van der Waals surface area contributed by atoms with E-state index in [0.717, 1.165) is 18.8 Å². The maximum Gasteiger partial charge on any atom is 0.125 e. The zero-order chi connectivity index (χ0) is 12.3. The van der Waals surface area contributed by atoms with Gasteiger partial charge in [-0.1, -0.05) is 0 Å². The van der Waals surface area contributed by atoms with Crippen LogP contribution >= 0.6 is 0 Å². The summed E-state index contributed by atoms with van der Waals surface area (Å²) in [6.45, 7) is 4.51. The van der Waals surface area contributed by atoms with E-state index in [9.17, 15) is 4.39 Å². The Balaban J connectivity index is 2.35. The Hall–Kier alpha value is -1.62. The first kappa shape index (κ1) is 11.9. The van der Waals surface area contributed by atoms with Gasteiger partial charge in [-0.25, -0.2) is 9.38 Å². The summed E-state index contributed by atoms with van der Waals surface area (Å²) in [5, 5.41) is 0. The Morgan fingerprint density at radius 2 is 2.12 bits per heavy atom. The van der Waals surface area contributed by atoms with Gasteiger partial charge < -0.3 is 15.4 Å². The second-order valence-electron chi connectivity index (χ2n) is 3.99. The van der Waals surface area contributed by atoms with E-state index in [2.05, 4.69) is 9.89 Å². The Morgan fingerprint density at radius 1 is 1.41 bits per heavy atom. The molecule has 1 aliphatic heterocycles. The molecule has 0 atom stereocenters. The van der Waals surface area contributed by atoms with Crippen molar-refractivity contribution in [1.29, 1.82) is 0 Å². The number of amidine groups is 1. The molecule has 1 aromatic carbocycles. The summed E-state index contributed by atoms with van der Waals surface area (Å²) in [5.74, 6) is 0.200. The van der Waals surface area contributed by atoms with E-state index in [1.54, 1.807) is 13.0 Å². The fraction of sp³-hybridized carbons (Fsp3) is 0.417. The van der Waals surface area contributed by atoms with E-state index in [4.69, 9.17) is 10.5 Å². The molecule has 17 heavy (non-hydrogen) atoms. The monoisotopic (exact) mass is 237 g/mol. The van der Waals surface area contributed by atoms with Gasteiger partial charge in [0, 0.05) is 13.1 Å². The van der Waals surface area contributed by atoms with Crippen LogP contribution in [0, 0.1) is 5.82 Å². The molecule has 0 amide bonds. The molecule has 1 saturated heterocycles. The molecular formula is C12H16FN3O. The Bertz CT molecular complexity index is 424. The molecular weight excluding hydrogens is 221 g/mol. The van der Waals surface area contributed by atoms with Crippen LogP contribution in [0.15, 0.2) is 23.2 Å². The molecule has 4 nitrogen and oxygen atoms in total. The van der Waals surface area contributed by atoms with E-state index in [-0.39, 0.29) is 5.82 Å². The predicted octanol–water partition coefficient (Wildman–Crippen LogP) is 1.67. The highest BCUT2D eigenvalue weighted by Gasteiger charge is 2.15. The number of hydrogen-bond donors (Lipinski definition) is 1. The first-order valence-corrected chi connectivity index (χ1v) is 5.60. The van der Waals surface area contributed by atoms with Crippen molar-refractivity contribution < 1.29 is 9.13 Å². The van der Waals surface area contributed by atoms with Gasteiger partial charge in [-0.05, 0) is 25.1 Å². The van der Waals surface area contributed by atoms with Crippen LogP contribution in [0.3, 0.4) is 0 Å². The van der Waals surface area contributed by atoms with Gasteiger partial charge in [-0.3, -0.25) is 0 Å². The lowest BCUT2D eigenvalue weighted by molar-refractivity contribution is 0.122. The summed E-state index contributed by atoms with van der Waals surface area (Å²) in [4.78, 5) is 6.28. The summed E-state index contributed by atoms with van der Waals surface area (Å²) in [6, 6.07) is 4.54. The molecule has 0 aromatic heterocycles. The van der Waals surface area contributed by atoms with Crippen molar-refractivity contribution in [3.63, 3.8) is 0 Å². The third-order valence-corrected chi connectivity index (χ3v) is 2.59. The average molecular weight is 237 g/mol. The standard InChI is InChI=1S/C12H16FN3O/c1-9(14)15-11-3-2-10(13)8-12(11)16-4-6-17-7-5-16/h2-3,8H,4-7H2,1H3,(H2,14,15). The fourth-order valence-electron chi connectivity index (χ4n) is 1.84. The summed E-state index contributed by atoms with van der Waals surface area (Å²) >= 11 is 0. The Labute approximate surface area is 99.9 Å². The molecule has 0 saturated carbocycles. The van der Waals surface area contributed by atoms with Crippen molar-refractivity contribution >= 4 is 17.2 Å². The van der Waals surface area contributed by atoms with Crippen LogP contribution in [0.5, 0.6) is 0 Å². The Kier molecular flexibility index (Phi) is 3.58. The molecule has 0 radical (unpaired) electrons. The zero-order valence-corrected chi connectivity index (χ0v) is 9.82. The number of morpholine rings is 1. The fourth-order valence-corrected chi connectivity index (χ4v) is 1.84. The number of ether oxygens (including phenoxy) is 1. The number of hydrogen-bond acceptors (Lipinski definition) is 3. The highest BCUT2D eigenvalue weighted by atomic mass is 19.1. The van der Waals surface area contributed by atoms with Crippen LogP contribution in [0.25, 0.3) is 0 Å². The third-order valence-electron chi connectivity index (χ3n) is 2.59. The molecule has 1 aromatic rings. The van der Waals surface area contributed by atoms with Gasteiger partial charge in [0.2, 0.25) is 0 Å². The Morgan fingerprint density at radius 3 is 2.76 bits per heavy atom. The summed E-state index contributed by atoms with van der Waals surface area (Å²) in [6.07, 6.45) is 0. The van der Waals surface area contributed by atoms with E-state index in [1.807, 2.05) is 0 Å². The summed E-state index contributed by atoms with van der Waals surface area (Å²) in [5.41, 5.74) is 7.05. The topological polar surface area (TPSA) is 50.8 Å². The van der Waals surface area contributed by atoms with Gasteiger partial charge >= 0.3 is 0 Å². The normalized spacial score (nSPS) is 17.3. The van der Waals surface area contributed by atoms with Gasteiger partial charge in [-0.15, -0.1) is 0 Å². The molecule has 92 valence electrons. The minimum atomic E-state index is -0.264. The number of benzene rings is 1.